The minimum absolute atomic E-state index is 0.0925. The van der Waals surface area contributed by atoms with E-state index in [4.69, 9.17) is 21.1 Å². The standard InChI is InChI=1S/C27H25ClN2O6S/c1-5-35-18-11-12-19(14(3)13-18)22(31)20-21(16-7-9-17(28)10-8-16)30(25(33)23(20)32)27-29-15(4)24(37-27)26(34)36-6-2/h7-13,21,31H,5-6H2,1-4H3/b22-20+. The monoisotopic (exact) mass is 540 g/mol. The van der Waals surface area contributed by atoms with E-state index in [1.807, 2.05) is 6.92 Å². The van der Waals surface area contributed by atoms with Crippen LogP contribution >= 0.6 is 22.9 Å². The molecule has 0 spiro atoms. The first-order chi connectivity index (χ1) is 17.7. The molecule has 192 valence electrons. The van der Waals surface area contributed by atoms with Gasteiger partial charge in [0, 0.05) is 10.6 Å². The number of nitrogens with zero attached hydrogens (tertiary/aromatic N) is 2. The molecule has 1 amide bonds. The van der Waals surface area contributed by atoms with Gasteiger partial charge >= 0.3 is 11.9 Å². The summed E-state index contributed by atoms with van der Waals surface area (Å²) in [6.07, 6.45) is 0. The fourth-order valence-electron chi connectivity index (χ4n) is 4.16. The summed E-state index contributed by atoms with van der Waals surface area (Å²) >= 11 is 7.04. The number of thiazole rings is 1. The van der Waals surface area contributed by atoms with E-state index in [0.717, 1.165) is 11.3 Å². The van der Waals surface area contributed by atoms with Crippen molar-refractivity contribution in [1.29, 1.82) is 0 Å². The molecule has 1 atom stereocenters. The summed E-state index contributed by atoms with van der Waals surface area (Å²) in [5.74, 6) is -1.99. The maximum atomic E-state index is 13.4. The second-order valence-electron chi connectivity index (χ2n) is 8.26. The largest absolute Gasteiger partial charge is 0.507 e. The maximum Gasteiger partial charge on any atom is 0.350 e. The first-order valence-corrected chi connectivity index (χ1v) is 12.8. The van der Waals surface area contributed by atoms with Gasteiger partial charge in [-0.3, -0.25) is 14.5 Å². The molecular weight excluding hydrogens is 516 g/mol. The maximum absolute atomic E-state index is 13.4. The zero-order valence-electron chi connectivity index (χ0n) is 20.7. The number of aliphatic hydroxyl groups excluding tert-OH is 1. The van der Waals surface area contributed by atoms with Crippen LogP contribution in [0.5, 0.6) is 5.75 Å². The smallest absolute Gasteiger partial charge is 0.350 e. The molecule has 1 fully saturated rings. The average molecular weight is 541 g/mol. The summed E-state index contributed by atoms with van der Waals surface area (Å²) in [7, 11) is 0. The van der Waals surface area contributed by atoms with Gasteiger partial charge in [-0.2, -0.15) is 0 Å². The van der Waals surface area contributed by atoms with Gasteiger partial charge in [0.05, 0.1) is 30.5 Å². The van der Waals surface area contributed by atoms with E-state index in [9.17, 15) is 19.5 Å². The topological polar surface area (TPSA) is 106 Å². The van der Waals surface area contributed by atoms with Gasteiger partial charge in [-0.25, -0.2) is 9.78 Å². The Labute approximate surface area is 223 Å². The zero-order valence-corrected chi connectivity index (χ0v) is 22.3. The summed E-state index contributed by atoms with van der Waals surface area (Å²) < 4.78 is 10.6. The number of carbonyl (C=O) groups is 3. The number of hydrogen-bond donors (Lipinski definition) is 1. The van der Waals surface area contributed by atoms with Gasteiger partial charge in [0.2, 0.25) is 0 Å². The number of esters is 1. The van der Waals surface area contributed by atoms with Crippen molar-refractivity contribution in [2.45, 2.75) is 33.7 Å². The lowest BCUT2D eigenvalue weighted by atomic mass is 9.94. The van der Waals surface area contributed by atoms with Crippen molar-refractivity contribution in [2.75, 3.05) is 18.1 Å². The van der Waals surface area contributed by atoms with Crippen molar-refractivity contribution in [3.8, 4) is 5.75 Å². The lowest BCUT2D eigenvalue weighted by Gasteiger charge is -2.23. The molecule has 1 aliphatic heterocycles. The molecule has 37 heavy (non-hydrogen) atoms. The molecule has 0 aliphatic carbocycles. The molecule has 1 aliphatic rings. The summed E-state index contributed by atoms with van der Waals surface area (Å²) in [5, 5.41) is 12.0. The highest BCUT2D eigenvalue weighted by molar-refractivity contribution is 7.17. The summed E-state index contributed by atoms with van der Waals surface area (Å²) in [6, 6.07) is 10.7. The number of anilines is 1. The van der Waals surface area contributed by atoms with Gasteiger partial charge < -0.3 is 14.6 Å². The molecule has 1 aromatic heterocycles. The van der Waals surface area contributed by atoms with Crippen LogP contribution in [0.2, 0.25) is 5.02 Å². The van der Waals surface area contributed by atoms with E-state index in [-0.39, 0.29) is 27.9 Å². The van der Waals surface area contributed by atoms with Crippen LogP contribution in [-0.2, 0) is 14.3 Å². The molecule has 4 rings (SSSR count). The Balaban J connectivity index is 1.90. The average Bonchev–Trinajstić information content (AvgIpc) is 3.36. The Morgan fingerprint density at radius 1 is 1.11 bits per heavy atom. The van der Waals surface area contributed by atoms with E-state index >= 15 is 0 Å². The third kappa shape index (κ3) is 4.97. The number of halogens is 1. The number of hydrogen-bond acceptors (Lipinski definition) is 8. The molecule has 1 saturated heterocycles. The van der Waals surface area contributed by atoms with E-state index in [1.54, 1.807) is 63.2 Å². The van der Waals surface area contributed by atoms with E-state index in [0.29, 0.717) is 39.8 Å². The minimum Gasteiger partial charge on any atom is -0.507 e. The van der Waals surface area contributed by atoms with Crippen LogP contribution in [-0.4, -0.2) is 41.0 Å². The van der Waals surface area contributed by atoms with Crippen LogP contribution < -0.4 is 9.64 Å². The van der Waals surface area contributed by atoms with Gasteiger partial charge in [0.25, 0.3) is 5.78 Å². The summed E-state index contributed by atoms with van der Waals surface area (Å²) in [6.45, 7) is 7.63. The number of rotatable bonds is 7. The molecule has 1 unspecified atom stereocenters. The van der Waals surface area contributed by atoms with Gasteiger partial charge in [-0.15, -0.1) is 0 Å². The first-order valence-electron chi connectivity index (χ1n) is 11.6. The Bertz CT molecular complexity index is 1410. The zero-order chi connectivity index (χ0) is 26.9. The number of ether oxygens (including phenoxy) is 2. The van der Waals surface area contributed by atoms with Crippen LogP contribution in [0.4, 0.5) is 5.13 Å². The molecule has 3 aromatic rings. The molecule has 8 nitrogen and oxygen atoms in total. The van der Waals surface area contributed by atoms with Crippen molar-refractivity contribution >= 4 is 51.5 Å². The highest BCUT2D eigenvalue weighted by Crippen LogP contribution is 2.44. The molecule has 1 N–H and O–H groups in total. The molecule has 10 heteroatoms. The number of Topliss-reactive ketones (excluding diaryl/α,β-unsaturated/α-hetero) is 1. The fraction of sp³-hybridized carbons (Fsp3) is 0.259. The predicted molar refractivity (Wildman–Crippen MR) is 141 cm³/mol. The molecule has 2 aromatic carbocycles. The van der Waals surface area contributed by atoms with Gasteiger partial charge in [0.15, 0.2) is 5.13 Å². The first kappa shape index (κ1) is 26.4. The Kier molecular flexibility index (Phi) is 7.65. The number of benzene rings is 2. The number of carbonyl (C=O) groups excluding carboxylic acids is 3. The SMILES string of the molecule is CCOC(=O)c1sc(N2C(=O)C(=O)/C(=C(/O)c3ccc(OCC)cc3C)C2c2ccc(Cl)cc2)nc1C. The van der Waals surface area contributed by atoms with E-state index < -0.39 is 23.7 Å². The Morgan fingerprint density at radius 2 is 1.81 bits per heavy atom. The summed E-state index contributed by atoms with van der Waals surface area (Å²) in [4.78, 5) is 45.0. The quantitative estimate of drug-likeness (QED) is 0.179. The predicted octanol–water partition coefficient (Wildman–Crippen LogP) is 5.62. The second kappa shape index (κ2) is 10.7. The van der Waals surface area contributed by atoms with Crippen molar-refractivity contribution in [3.63, 3.8) is 0 Å². The fourth-order valence-corrected chi connectivity index (χ4v) is 5.28. The molecule has 0 radical (unpaired) electrons. The number of ketones is 1. The number of aliphatic hydroxyl groups is 1. The van der Waals surface area contributed by atoms with Crippen molar-refractivity contribution in [1.82, 2.24) is 4.98 Å². The lowest BCUT2D eigenvalue weighted by Crippen LogP contribution is -2.29. The van der Waals surface area contributed by atoms with Gasteiger partial charge in [0.1, 0.15) is 16.4 Å². The third-order valence-corrected chi connectivity index (χ3v) is 7.24. The Morgan fingerprint density at radius 3 is 2.43 bits per heavy atom. The van der Waals surface area contributed by atoms with Crippen molar-refractivity contribution < 1.29 is 29.0 Å². The van der Waals surface area contributed by atoms with Crippen LogP contribution in [0.25, 0.3) is 5.76 Å². The Hall–Kier alpha value is -3.69. The van der Waals surface area contributed by atoms with Crippen LogP contribution in [0.15, 0.2) is 48.0 Å². The second-order valence-corrected chi connectivity index (χ2v) is 9.68. The van der Waals surface area contributed by atoms with Gasteiger partial charge in [-0.05, 0) is 69.2 Å². The van der Waals surface area contributed by atoms with Gasteiger partial charge in [-0.1, -0.05) is 35.1 Å². The van der Waals surface area contributed by atoms with Crippen LogP contribution in [0.1, 0.15) is 51.9 Å². The highest BCUT2D eigenvalue weighted by atomic mass is 35.5. The molecular formula is C27H25ClN2O6S. The van der Waals surface area contributed by atoms with Crippen LogP contribution in [0, 0.1) is 13.8 Å². The molecule has 2 heterocycles. The van der Waals surface area contributed by atoms with Crippen LogP contribution in [0.3, 0.4) is 0 Å². The minimum atomic E-state index is -0.996. The van der Waals surface area contributed by atoms with E-state index in [2.05, 4.69) is 4.98 Å². The number of amides is 1. The third-order valence-electron chi connectivity index (χ3n) is 5.85. The van der Waals surface area contributed by atoms with Crippen molar-refractivity contribution in [3.05, 3.63) is 80.3 Å². The normalized spacial score (nSPS) is 16.8. The number of aromatic nitrogens is 1. The van der Waals surface area contributed by atoms with E-state index in [1.165, 1.54) is 4.90 Å². The molecule has 0 bridgehead atoms. The number of aryl methyl sites for hydroxylation is 2. The molecule has 0 saturated carbocycles. The highest BCUT2D eigenvalue weighted by Gasteiger charge is 2.48. The lowest BCUT2D eigenvalue weighted by molar-refractivity contribution is -0.132. The van der Waals surface area contributed by atoms with Crippen molar-refractivity contribution in [2.24, 2.45) is 0 Å². The summed E-state index contributed by atoms with van der Waals surface area (Å²) in [5.41, 5.74) is 1.88.